The van der Waals surface area contributed by atoms with Crippen LogP contribution in [-0.4, -0.2) is 14.1 Å². The molecule has 1 heterocycles. The first-order valence-corrected chi connectivity index (χ1v) is 13.4. The van der Waals surface area contributed by atoms with Crippen LogP contribution in [-0.2, 0) is 0 Å². The van der Waals surface area contributed by atoms with Gasteiger partial charge in [0, 0.05) is 0 Å². The van der Waals surface area contributed by atoms with Crippen molar-refractivity contribution in [2.75, 3.05) is 0 Å². The maximum atomic E-state index is 3.88. The Kier molecular flexibility index (Phi) is 3.01. The van der Waals surface area contributed by atoms with Crippen LogP contribution in [0.3, 0.4) is 0 Å². The summed E-state index contributed by atoms with van der Waals surface area (Å²) in [5.41, 5.74) is 1.55. The van der Waals surface area contributed by atoms with E-state index >= 15 is 0 Å². The predicted molar refractivity (Wildman–Crippen MR) is 55.7 cm³/mol. The highest BCUT2D eigenvalue weighted by Gasteiger charge is 2.31. The van der Waals surface area contributed by atoms with Crippen LogP contribution >= 0.6 is 30.6 Å². The fourth-order valence-corrected chi connectivity index (χ4v) is 24.4. The van der Waals surface area contributed by atoms with Gasteiger partial charge in [-0.2, -0.15) is 0 Å². The normalized spacial score (nSPS) is 45.0. The molecule has 1 fully saturated rings. The van der Waals surface area contributed by atoms with Crippen LogP contribution in [0.1, 0.15) is 6.42 Å². The van der Waals surface area contributed by atoms with Gasteiger partial charge >= 0.3 is 0 Å². The van der Waals surface area contributed by atoms with E-state index in [0.29, 0.717) is 0 Å². The summed E-state index contributed by atoms with van der Waals surface area (Å²) in [6.45, 7) is 1.63. The Morgan fingerprint density at radius 3 is 2.56 bits per heavy atom. The lowest BCUT2D eigenvalue weighted by atomic mass is 10.6. The molecule has 1 aliphatic heterocycles. The summed E-state index contributed by atoms with van der Waals surface area (Å²) in [5, 5.41) is 0. The molecule has 2 atom stereocenters. The van der Waals surface area contributed by atoms with Gasteiger partial charge in [-0.1, -0.05) is 19.0 Å². The summed E-state index contributed by atoms with van der Waals surface area (Å²) in [7, 11) is -0.392. The first-order valence-electron chi connectivity index (χ1n) is 3.43. The van der Waals surface area contributed by atoms with E-state index in [9.17, 15) is 0 Å². The number of hydrogen-bond acceptors (Lipinski definition) is 0. The molecule has 0 saturated carbocycles. The lowest BCUT2D eigenvalue weighted by Gasteiger charge is -2.27. The van der Waals surface area contributed by atoms with E-state index in [4.69, 9.17) is 0 Å². The Morgan fingerprint density at radius 1 is 1.56 bits per heavy atom. The Balaban J connectivity index is 2.41. The van der Waals surface area contributed by atoms with E-state index in [1.54, 1.807) is 5.67 Å². The summed E-state index contributed by atoms with van der Waals surface area (Å²) < 4.78 is 0. The van der Waals surface area contributed by atoms with Crippen molar-refractivity contribution in [3.05, 3.63) is 0 Å². The van der Waals surface area contributed by atoms with Crippen molar-refractivity contribution in [3.63, 3.8) is 0 Å². The molecule has 0 spiro atoms. The van der Waals surface area contributed by atoms with Crippen LogP contribution in [0.5, 0.6) is 0 Å². The number of halogens is 2. The summed E-state index contributed by atoms with van der Waals surface area (Å²) >= 11 is 7.68. The molecule has 0 nitrogen and oxygen atoms in total. The minimum atomic E-state index is -0.826. The van der Waals surface area contributed by atoms with Crippen molar-refractivity contribution in [2.24, 2.45) is 0 Å². The zero-order valence-corrected chi connectivity index (χ0v) is 11.0. The van der Waals surface area contributed by atoms with E-state index in [1.165, 1.54) is 18.5 Å². The molecule has 1 saturated heterocycles. The van der Waals surface area contributed by atoms with Gasteiger partial charge in [-0.05, 0) is 11.7 Å². The zero-order chi connectivity index (χ0) is 6.91. The monoisotopic (exact) mass is 286 g/mol. The third-order valence-corrected chi connectivity index (χ3v) is 17.9. The smallest absolute Gasteiger partial charge is 0.125 e. The van der Waals surface area contributed by atoms with E-state index in [0.717, 1.165) is 0 Å². The minimum absolute atomic E-state index is 0.392. The minimum Gasteiger partial charge on any atom is -0.131 e. The van der Waals surface area contributed by atoms with Crippen molar-refractivity contribution >= 4 is 44.7 Å². The van der Waals surface area contributed by atoms with E-state index in [2.05, 4.69) is 37.1 Å². The van der Waals surface area contributed by atoms with Gasteiger partial charge in [0.05, 0.1) is 0 Å². The number of rotatable bonds is 0. The largest absolute Gasteiger partial charge is 0.131 e. The third kappa shape index (κ3) is 2.86. The molecular formula is C5H12Br2Si2. The molecule has 0 N–H and O–H groups in total. The Hall–Kier alpha value is 1.39. The van der Waals surface area contributed by atoms with Crippen molar-refractivity contribution in [3.8, 4) is 0 Å². The standard InChI is InChI=1S/C5H12Br2Si2/c1-9(7)4-2-3-8(6)5-9/h8H,2-5H2,1H3. The second-order valence-corrected chi connectivity index (χ2v) is 19.5. The van der Waals surface area contributed by atoms with Crippen molar-refractivity contribution < 1.29 is 0 Å². The molecular weight excluding hydrogens is 276 g/mol. The molecule has 0 aromatic rings. The van der Waals surface area contributed by atoms with Crippen LogP contribution in [0, 0.1) is 0 Å². The first kappa shape index (κ1) is 8.49. The van der Waals surface area contributed by atoms with Gasteiger partial charge in [0.15, 0.2) is 0 Å². The molecule has 0 radical (unpaired) electrons. The molecule has 0 amide bonds. The van der Waals surface area contributed by atoms with E-state index < -0.39 is 14.1 Å². The van der Waals surface area contributed by atoms with Crippen molar-refractivity contribution in [1.29, 1.82) is 0 Å². The molecule has 0 aliphatic carbocycles. The summed E-state index contributed by atoms with van der Waals surface area (Å²) in [4.78, 5) is 0. The summed E-state index contributed by atoms with van der Waals surface area (Å²) in [6.07, 6.45) is 1.48. The fourth-order valence-electron chi connectivity index (χ4n) is 1.36. The Labute approximate surface area is 75.2 Å². The Bertz CT molecular complexity index is 105. The molecule has 9 heavy (non-hydrogen) atoms. The van der Waals surface area contributed by atoms with Crippen LogP contribution in [0.2, 0.25) is 24.3 Å². The topological polar surface area (TPSA) is 0 Å². The molecule has 0 aromatic heterocycles. The third-order valence-electron chi connectivity index (χ3n) is 1.86. The van der Waals surface area contributed by atoms with Gasteiger partial charge in [-0.15, -0.1) is 30.6 Å². The van der Waals surface area contributed by atoms with E-state index in [-0.39, 0.29) is 0 Å². The maximum absolute atomic E-state index is 3.88. The lowest BCUT2D eigenvalue weighted by molar-refractivity contribution is 1.02. The highest BCUT2D eigenvalue weighted by Crippen LogP contribution is 2.34. The molecule has 0 aromatic carbocycles. The second-order valence-electron chi connectivity index (χ2n) is 3.11. The molecule has 0 bridgehead atoms. The van der Waals surface area contributed by atoms with Crippen molar-refractivity contribution in [2.45, 2.75) is 30.7 Å². The molecule has 1 aliphatic rings. The van der Waals surface area contributed by atoms with Crippen molar-refractivity contribution in [1.82, 2.24) is 0 Å². The molecule has 54 valence electrons. The SMILES string of the molecule is C[Si]1(Br)CCC[SiH](Br)C1. The predicted octanol–water partition coefficient (Wildman–Crippen LogP) is 3.02. The summed E-state index contributed by atoms with van der Waals surface area (Å²) in [5.74, 6) is 0. The summed E-state index contributed by atoms with van der Waals surface area (Å²) in [6, 6.07) is 3.02. The average Bonchev–Trinajstić information content (AvgIpc) is 1.60. The van der Waals surface area contributed by atoms with Crippen LogP contribution in [0.25, 0.3) is 0 Å². The highest BCUT2D eigenvalue weighted by molar-refractivity contribution is 9.27. The maximum Gasteiger partial charge on any atom is 0.125 e. The highest BCUT2D eigenvalue weighted by atomic mass is 79.9. The Morgan fingerprint density at radius 2 is 2.22 bits per heavy atom. The average molecular weight is 288 g/mol. The first-order chi connectivity index (χ1) is 4.10. The van der Waals surface area contributed by atoms with Gasteiger partial charge in [-0.25, -0.2) is 0 Å². The van der Waals surface area contributed by atoms with Crippen LogP contribution in [0.4, 0.5) is 0 Å². The zero-order valence-electron chi connectivity index (χ0n) is 5.66. The molecule has 4 heteroatoms. The van der Waals surface area contributed by atoms with Crippen LogP contribution in [0.15, 0.2) is 0 Å². The lowest BCUT2D eigenvalue weighted by Crippen LogP contribution is -2.31. The fraction of sp³-hybridized carbons (Fsp3) is 1.00. The van der Waals surface area contributed by atoms with Gasteiger partial charge in [0.1, 0.15) is 14.1 Å². The van der Waals surface area contributed by atoms with E-state index in [1.807, 2.05) is 0 Å². The van der Waals surface area contributed by atoms with Gasteiger partial charge in [0.2, 0.25) is 0 Å². The van der Waals surface area contributed by atoms with Gasteiger partial charge in [-0.3, -0.25) is 0 Å². The molecule has 2 unspecified atom stereocenters. The quantitative estimate of drug-likeness (QED) is 0.475. The van der Waals surface area contributed by atoms with Gasteiger partial charge < -0.3 is 0 Å². The second kappa shape index (κ2) is 3.19. The van der Waals surface area contributed by atoms with Crippen LogP contribution < -0.4 is 0 Å². The van der Waals surface area contributed by atoms with Gasteiger partial charge in [0.25, 0.3) is 0 Å². The molecule has 1 rings (SSSR count). The number of hydrogen-bond donors (Lipinski definition) is 0.